The highest BCUT2D eigenvalue weighted by atomic mass is 79.9. The van der Waals surface area contributed by atoms with Crippen LogP contribution in [-0.2, 0) is 14.8 Å². The van der Waals surface area contributed by atoms with Gasteiger partial charge in [-0.25, -0.2) is 8.42 Å². The summed E-state index contributed by atoms with van der Waals surface area (Å²) in [4.78, 5) is 12.5. The van der Waals surface area contributed by atoms with E-state index >= 15 is 0 Å². The number of hydrogen-bond donors (Lipinski definition) is 1. The van der Waals surface area contributed by atoms with Gasteiger partial charge >= 0.3 is 0 Å². The summed E-state index contributed by atoms with van der Waals surface area (Å²) >= 11 is 3.27. The fourth-order valence-electron chi connectivity index (χ4n) is 2.61. The summed E-state index contributed by atoms with van der Waals surface area (Å²) in [5.41, 5.74) is 0.759. The van der Waals surface area contributed by atoms with Gasteiger partial charge in [-0.1, -0.05) is 15.9 Å². The first-order valence-corrected chi connectivity index (χ1v) is 10.7. The number of methoxy groups -OCH3 is 2. The first-order chi connectivity index (χ1) is 13.2. The van der Waals surface area contributed by atoms with E-state index < -0.39 is 15.9 Å². The van der Waals surface area contributed by atoms with Crippen LogP contribution in [0.2, 0.25) is 0 Å². The minimum absolute atomic E-state index is 0.121. The number of ether oxygens (including phenoxy) is 2. The minimum Gasteiger partial charge on any atom is -0.497 e. The molecule has 0 spiro atoms. The third-order valence-electron chi connectivity index (χ3n) is 4.17. The average molecular weight is 471 g/mol. The summed E-state index contributed by atoms with van der Waals surface area (Å²) in [6.45, 7) is 1.49. The molecule has 2 rings (SSSR count). The van der Waals surface area contributed by atoms with Crippen LogP contribution in [0.3, 0.4) is 0 Å². The molecule has 0 aliphatic heterocycles. The van der Waals surface area contributed by atoms with Gasteiger partial charge in [-0.2, -0.15) is 4.31 Å². The van der Waals surface area contributed by atoms with E-state index in [2.05, 4.69) is 21.2 Å². The summed E-state index contributed by atoms with van der Waals surface area (Å²) in [6, 6.07) is 11.2. The quantitative estimate of drug-likeness (QED) is 0.640. The van der Waals surface area contributed by atoms with Gasteiger partial charge in [0.05, 0.1) is 31.7 Å². The predicted molar refractivity (Wildman–Crippen MR) is 110 cm³/mol. The van der Waals surface area contributed by atoms with Gasteiger partial charge < -0.3 is 14.8 Å². The van der Waals surface area contributed by atoms with Crippen LogP contribution in [0.15, 0.2) is 51.8 Å². The van der Waals surface area contributed by atoms with Crippen LogP contribution in [-0.4, -0.2) is 46.4 Å². The van der Waals surface area contributed by atoms with Crippen LogP contribution in [0, 0.1) is 0 Å². The van der Waals surface area contributed by atoms with Crippen LogP contribution in [0.1, 0.15) is 18.5 Å². The van der Waals surface area contributed by atoms with Crippen molar-refractivity contribution in [3.05, 3.63) is 52.5 Å². The molecule has 1 unspecified atom stereocenters. The normalized spacial score (nSPS) is 12.5. The van der Waals surface area contributed by atoms with Crippen molar-refractivity contribution < 1.29 is 22.7 Å². The summed E-state index contributed by atoms with van der Waals surface area (Å²) < 4.78 is 37.5. The Bertz CT molecular complexity index is 932. The molecular weight excluding hydrogens is 448 g/mol. The van der Waals surface area contributed by atoms with Gasteiger partial charge in [-0.3, -0.25) is 4.79 Å². The van der Waals surface area contributed by atoms with E-state index in [1.165, 1.54) is 26.3 Å². The Hall–Kier alpha value is -2.10. The highest BCUT2D eigenvalue weighted by molar-refractivity contribution is 9.10. The summed E-state index contributed by atoms with van der Waals surface area (Å²) in [5.74, 6) is 0.788. The van der Waals surface area contributed by atoms with E-state index in [-0.39, 0.29) is 17.5 Å². The molecule has 1 amide bonds. The van der Waals surface area contributed by atoms with Crippen molar-refractivity contribution in [1.82, 2.24) is 9.62 Å². The van der Waals surface area contributed by atoms with Gasteiger partial charge in [0, 0.05) is 23.2 Å². The summed E-state index contributed by atoms with van der Waals surface area (Å²) in [6.07, 6.45) is 0. The Labute approximate surface area is 173 Å². The topological polar surface area (TPSA) is 84.9 Å². The molecule has 28 heavy (non-hydrogen) atoms. The van der Waals surface area contributed by atoms with Gasteiger partial charge in [0.15, 0.2) is 0 Å². The number of amides is 1. The molecule has 0 aromatic heterocycles. The maximum atomic E-state index is 12.6. The van der Waals surface area contributed by atoms with Crippen LogP contribution >= 0.6 is 15.9 Å². The number of sulfonamides is 1. The van der Waals surface area contributed by atoms with E-state index in [4.69, 9.17) is 9.47 Å². The number of halogens is 1. The number of nitrogens with zero attached hydrogens (tertiary/aromatic N) is 1. The smallest absolute Gasteiger partial charge is 0.243 e. The maximum Gasteiger partial charge on any atom is 0.243 e. The monoisotopic (exact) mass is 470 g/mol. The molecule has 0 saturated carbocycles. The van der Waals surface area contributed by atoms with Gasteiger partial charge in [-0.15, -0.1) is 0 Å². The number of carbonyl (C=O) groups excluding carboxylic acids is 1. The first kappa shape index (κ1) is 22.2. The van der Waals surface area contributed by atoms with Crippen molar-refractivity contribution >= 4 is 31.9 Å². The van der Waals surface area contributed by atoms with Gasteiger partial charge in [0.25, 0.3) is 0 Å². The SMILES string of the molecule is COc1ccc(C(C)NC(=O)CN(C)S(=O)(=O)c2ccc(Br)cc2)c(OC)c1. The highest BCUT2D eigenvalue weighted by Gasteiger charge is 2.24. The van der Waals surface area contributed by atoms with Crippen molar-refractivity contribution in [1.29, 1.82) is 0 Å². The molecule has 0 aliphatic rings. The summed E-state index contributed by atoms with van der Waals surface area (Å²) in [5, 5.41) is 2.80. The zero-order valence-corrected chi connectivity index (χ0v) is 18.5. The Morgan fingerprint density at radius 2 is 1.79 bits per heavy atom. The third-order valence-corrected chi connectivity index (χ3v) is 6.52. The molecule has 0 aliphatic carbocycles. The van der Waals surface area contributed by atoms with E-state index in [1.807, 2.05) is 0 Å². The fraction of sp³-hybridized carbons (Fsp3) is 0.316. The molecule has 0 bridgehead atoms. The second-order valence-electron chi connectivity index (χ2n) is 6.11. The van der Waals surface area contributed by atoms with Crippen LogP contribution in [0.25, 0.3) is 0 Å². The molecule has 9 heteroatoms. The van der Waals surface area contributed by atoms with Crippen LogP contribution in [0.5, 0.6) is 11.5 Å². The van der Waals surface area contributed by atoms with E-state index in [1.54, 1.807) is 44.4 Å². The molecular formula is C19H23BrN2O5S. The Balaban J connectivity index is 2.07. The van der Waals surface area contributed by atoms with Crippen LogP contribution < -0.4 is 14.8 Å². The Morgan fingerprint density at radius 3 is 2.36 bits per heavy atom. The largest absolute Gasteiger partial charge is 0.497 e. The lowest BCUT2D eigenvalue weighted by Gasteiger charge is -2.21. The van der Waals surface area contributed by atoms with Gasteiger partial charge in [-0.05, 0) is 43.3 Å². The van der Waals surface area contributed by atoms with Crippen LogP contribution in [0.4, 0.5) is 0 Å². The molecule has 152 valence electrons. The van der Waals surface area contributed by atoms with Crippen molar-refractivity contribution in [2.45, 2.75) is 17.9 Å². The van der Waals surface area contributed by atoms with E-state index in [0.29, 0.717) is 11.5 Å². The Kier molecular flexibility index (Phi) is 7.45. The molecule has 0 fully saturated rings. The lowest BCUT2D eigenvalue weighted by molar-refractivity contribution is -0.121. The molecule has 1 N–H and O–H groups in total. The van der Waals surface area contributed by atoms with E-state index in [0.717, 1.165) is 14.3 Å². The third kappa shape index (κ3) is 5.24. The number of hydrogen-bond acceptors (Lipinski definition) is 5. The standard InChI is InChI=1S/C19H23BrN2O5S/c1-13(17-10-7-15(26-3)11-18(17)27-4)21-19(23)12-22(2)28(24,25)16-8-5-14(20)6-9-16/h5-11,13H,12H2,1-4H3,(H,21,23). The Morgan fingerprint density at radius 1 is 1.14 bits per heavy atom. The fourth-order valence-corrected chi connectivity index (χ4v) is 4.01. The molecule has 1 atom stereocenters. The number of rotatable bonds is 8. The molecule has 2 aromatic rings. The predicted octanol–water partition coefficient (Wildman–Crippen LogP) is 2.96. The highest BCUT2D eigenvalue weighted by Crippen LogP contribution is 2.29. The van der Waals surface area contributed by atoms with Gasteiger partial charge in [0.1, 0.15) is 11.5 Å². The lowest BCUT2D eigenvalue weighted by atomic mass is 10.1. The number of likely N-dealkylation sites (N-methyl/N-ethyl adjacent to an activating group) is 1. The number of carbonyl (C=O) groups is 1. The molecule has 0 saturated heterocycles. The molecule has 2 aromatic carbocycles. The number of benzene rings is 2. The zero-order valence-electron chi connectivity index (χ0n) is 16.1. The zero-order chi connectivity index (χ0) is 20.9. The van der Waals surface area contributed by atoms with E-state index in [9.17, 15) is 13.2 Å². The van der Waals surface area contributed by atoms with Crippen molar-refractivity contribution in [3.63, 3.8) is 0 Å². The summed E-state index contributed by atoms with van der Waals surface area (Å²) in [7, 11) is 0.698. The minimum atomic E-state index is -3.76. The second kappa shape index (κ2) is 9.40. The molecule has 0 radical (unpaired) electrons. The molecule has 7 nitrogen and oxygen atoms in total. The molecule has 0 heterocycles. The number of nitrogens with one attached hydrogen (secondary N) is 1. The van der Waals surface area contributed by atoms with Crippen molar-refractivity contribution in [2.75, 3.05) is 27.8 Å². The van der Waals surface area contributed by atoms with Gasteiger partial charge in [0.2, 0.25) is 15.9 Å². The first-order valence-electron chi connectivity index (χ1n) is 8.42. The average Bonchev–Trinajstić information content (AvgIpc) is 2.67. The second-order valence-corrected chi connectivity index (χ2v) is 9.07. The van der Waals surface area contributed by atoms with Crippen molar-refractivity contribution in [3.8, 4) is 11.5 Å². The lowest BCUT2D eigenvalue weighted by Crippen LogP contribution is -2.39. The maximum absolute atomic E-state index is 12.6. The van der Waals surface area contributed by atoms with Crippen molar-refractivity contribution in [2.24, 2.45) is 0 Å².